The van der Waals surface area contributed by atoms with E-state index in [0.29, 0.717) is 12.8 Å². The van der Waals surface area contributed by atoms with E-state index in [-0.39, 0.29) is 17.1 Å². The molecule has 0 heterocycles. The molecule has 94 valence electrons. The van der Waals surface area contributed by atoms with Crippen LogP contribution in [-0.4, -0.2) is 21.0 Å². The van der Waals surface area contributed by atoms with Gasteiger partial charge in [-0.25, -0.2) is 8.78 Å². The molecule has 0 spiro atoms. The first-order valence-electron chi connectivity index (χ1n) is 5.06. The third kappa shape index (κ3) is 4.60. The molecule has 1 aromatic rings. The molecule has 1 aromatic carbocycles. The van der Waals surface area contributed by atoms with E-state index in [0.717, 1.165) is 12.1 Å². The van der Waals surface area contributed by atoms with Crippen molar-refractivity contribution in [3.63, 3.8) is 0 Å². The first-order chi connectivity index (χ1) is 8.00. The van der Waals surface area contributed by atoms with Crippen molar-refractivity contribution in [3.8, 4) is 0 Å². The third-order valence-corrected chi connectivity index (χ3v) is 3.56. The molecule has 0 aliphatic carbocycles. The van der Waals surface area contributed by atoms with Crippen molar-refractivity contribution in [2.75, 3.05) is 5.75 Å². The Hall–Kier alpha value is -1.30. The van der Waals surface area contributed by atoms with Crippen LogP contribution in [0.1, 0.15) is 19.3 Å². The molecule has 3 nitrogen and oxygen atoms in total. The zero-order valence-corrected chi connectivity index (χ0v) is 9.80. The van der Waals surface area contributed by atoms with Gasteiger partial charge in [0.15, 0.2) is 11.6 Å². The molecule has 17 heavy (non-hydrogen) atoms. The quantitative estimate of drug-likeness (QED) is 0.800. The molecule has 0 amide bonds. The Bertz CT molecular complexity index is 435. The Morgan fingerprint density at radius 1 is 1.24 bits per heavy atom. The molecule has 1 rings (SSSR count). The summed E-state index contributed by atoms with van der Waals surface area (Å²) in [4.78, 5) is 10.5. The Balaban J connectivity index is 2.47. The lowest BCUT2D eigenvalue weighted by Crippen LogP contribution is -2.01. The molecule has 1 N–H and O–H groups in total. The topological polar surface area (TPSA) is 54.4 Å². The maximum Gasteiger partial charge on any atom is 0.303 e. The van der Waals surface area contributed by atoms with Gasteiger partial charge in [0.05, 0.1) is 10.8 Å². The molecule has 0 saturated heterocycles. The summed E-state index contributed by atoms with van der Waals surface area (Å²) in [7, 11) is -1.42. The van der Waals surface area contributed by atoms with Crippen molar-refractivity contribution < 1.29 is 22.9 Å². The molecular weight excluding hydrogens is 250 g/mol. The Kier molecular flexibility index (Phi) is 5.21. The zero-order chi connectivity index (χ0) is 12.8. The van der Waals surface area contributed by atoms with Crippen molar-refractivity contribution in [2.45, 2.75) is 24.2 Å². The standard InChI is InChI=1S/C11H12F2O3S/c12-9-5-4-8(7-10(9)13)17(16)6-2-1-3-11(14)15/h4-5,7H,1-3,6H2,(H,14,15). The summed E-state index contributed by atoms with van der Waals surface area (Å²) in [5, 5.41) is 8.40. The van der Waals surface area contributed by atoms with Crippen LogP contribution in [0.5, 0.6) is 0 Å². The molecule has 1 unspecified atom stereocenters. The summed E-state index contributed by atoms with van der Waals surface area (Å²) in [6.07, 6.45) is 0.914. The van der Waals surface area contributed by atoms with E-state index in [2.05, 4.69) is 0 Å². The number of hydrogen-bond donors (Lipinski definition) is 1. The maximum absolute atomic E-state index is 12.8. The normalized spacial score (nSPS) is 12.4. The molecule has 6 heteroatoms. The highest BCUT2D eigenvalue weighted by molar-refractivity contribution is 7.85. The summed E-state index contributed by atoms with van der Waals surface area (Å²) in [5.74, 6) is -2.65. The minimum atomic E-state index is -1.42. The fourth-order valence-electron chi connectivity index (χ4n) is 1.25. The summed E-state index contributed by atoms with van der Waals surface area (Å²) in [6, 6.07) is 3.11. The Labute approximate surface area is 99.9 Å². The second kappa shape index (κ2) is 6.44. The van der Waals surface area contributed by atoms with Gasteiger partial charge in [0.1, 0.15) is 0 Å². The monoisotopic (exact) mass is 262 g/mol. The lowest BCUT2D eigenvalue weighted by atomic mass is 10.2. The zero-order valence-electron chi connectivity index (χ0n) is 8.99. The van der Waals surface area contributed by atoms with E-state index < -0.39 is 28.4 Å². The smallest absolute Gasteiger partial charge is 0.303 e. The van der Waals surface area contributed by atoms with Crippen molar-refractivity contribution in [3.05, 3.63) is 29.8 Å². The van der Waals surface area contributed by atoms with E-state index in [1.807, 2.05) is 0 Å². The second-order valence-electron chi connectivity index (χ2n) is 3.48. The molecule has 0 saturated carbocycles. The number of halogens is 2. The van der Waals surface area contributed by atoms with Crippen LogP contribution in [0, 0.1) is 11.6 Å². The van der Waals surface area contributed by atoms with Gasteiger partial charge in [0.2, 0.25) is 0 Å². The number of benzene rings is 1. The van der Waals surface area contributed by atoms with Gasteiger partial charge in [-0.05, 0) is 31.0 Å². The maximum atomic E-state index is 12.8. The van der Waals surface area contributed by atoms with Gasteiger partial charge in [-0.15, -0.1) is 0 Å². The van der Waals surface area contributed by atoms with Crippen LogP contribution in [-0.2, 0) is 15.6 Å². The molecule has 0 aromatic heterocycles. The van der Waals surface area contributed by atoms with E-state index in [4.69, 9.17) is 5.11 Å². The average molecular weight is 262 g/mol. The first kappa shape index (κ1) is 13.8. The van der Waals surface area contributed by atoms with E-state index in [1.54, 1.807) is 0 Å². The van der Waals surface area contributed by atoms with E-state index in [9.17, 15) is 17.8 Å². The number of unbranched alkanes of at least 4 members (excludes halogenated alkanes) is 1. The molecule has 0 aliphatic rings. The fourth-order valence-corrected chi connectivity index (χ4v) is 2.40. The lowest BCUT2D eigenvalue weighted by Gasteiger charge is -2.02. The van der Waals surface area contributed by atoms with Crippen LogP contribution in [0.15, 0.2) is 23.1 Å². The third-order valence-electron chi connectivity index (χ3n) is 2.12. The molecule has 0 fully saturated rings. The fraction of sp³-hybridized carbons (Fsp3) is 0.364. The van der Waals surface area contributed by atoms with Gasteiger partial charge in [-0.1, -0.05) is 0 Å². The van der Waals surface area contributed by atoms with Gasteiger partial charge >= 0.3 is 5.97 Å². The van der Waals surface area contributed by atoms with Gasteiger partial charge in [0.25, 0.3) is 0 Å². The largest absolute Gasteiger partial charge is 0.481 e. The van der Waals surface area contributed by atoms with Crippen LogP contribution >= 0.6 is 0 Å². The summed E-state index contributed by atoms with van der Waals surface area (Å²) >= 11 is 0. The lowest BCUT2D eigenvalue weighted by molar-refractivity contribution is -0.137. The number of carboxylic acid groups (broad SMARTS) is 1. The molecule has 0 bridgehead atoms. The van der Waals surface area contributed by atoms with Crippen molar-refractivity contribution in [1.29, 1.82) is 0 Å². The van der Waals surface area contributed by atoms with Gasteiger partial charge in [-0.3, -0.25) is 9.00 Å². The molecular formula is C11H12F2O3S. The van der Waals surface area contributed by atoms with Crippen LogP contribution in [0.4, 0.5) is 8.78 Å². The molecule has 0 aliphatic heterocycles. The van der Waals surface area contributed by atoms with Crippen molar-refractivity contribution in [2.24, 2.45) is 0 Å². The minimum Gasteiger partial charge on any atom is -0.481 e. The van der Waals surface area contributed by atoms with Gasteiger partial charge in [0, 0.05) is 17.1 Å². The molecule has 0 radical (unpaired) electrons. The van der Waals surface area contributed by atoms with Gasteiger partial charge in [-0.2, -0.15) is 0 Å². The first-order valence-corrected chi connectivity index (χ1v) is 6.38. The van der Waals surface area contributed by atoms with E-state index >= 15 is 0 Å². The average Bonchev–Trinajstić information content (AvgIpc) is 2.27. The van der Waals surface area contributed by atoms with Crippen molar-refractivity contribution >= 4 is 16.8 Å². The van der Waals surface area contributed by atoms with E-state index in [1.165, 1.54) is 6.07 Å². The van der Waals surface area contributed by atoms with Crippen molar-refractivity contribution in [1.82, 2.24) is 0 Å². The van der Waals surface area contributed by atoms with Crippen LogP contribution in [0.25, 0.3) is 0 Å². The highest BCUT2D eigenvalue weighted by atomic mass is 32.2. The highest BCUT2D eigenvalue weighted by Crippen LogP contribution is 2.13. The highest BCUT2D eigenvalue weighted by Gasteiger charge is 2.08. The predicted octanol–water partition coefficient (Wildman–Crippen LogP) is 2.33. The number of hydrogen-bond acceptors (Lipinski definition) is 2. The second-order valence-corrected chi connectivity index (χ2v) is 5.05. The number of rotatable bonds is 6. The summed E-state index contributed by atoms with van der Waals surface area (Å²) in [5.41, 5.74) is 0. The Morgan fingerprint density at radius 3 is 2.53 bits per heavy atom. The van der Waals surface area contributed by atoms with Gasteiger partial charge < -0.3 is 5.11 Å². The minimum absolute atomic E-state index is 0.0228. The summed E-state index contributed by atoms with van der Waals surface area (Å²) in [6.45, 7) is 0. The summed E-state index contributed by atoms with van der Waals surface area (Å²) < 4.78 is 37.1. The molecule has 1 atom stereocenters. The predicted molar refractivity (Wildman–Crippen MR) is 59.1 cm³/mol. The number of carbonyl (C=O) groups is 1. The number of aliphatic carboxylic acids is 1. The Morgan fingerprint density at radius 2 is 1.94 bits per heavy atom. The van der Waals surface area contributed by atoms with Crippen LogP contribution in [0.2, 0.25) is 0 Å². The van der Waals surface area contributed by atoms with Crippen LogP contribution < -0.4 is 0 Å². The SMILES string of the molecule is O=C(O)CCCCS(=O)c1ccc(F)c(F)c1. The number of carboxylic acids is 1. The van der Waals surface area contributed by atoms with Crippen LogP contribution in [0.3, 0.4) is 0 Å².